The van der Waals surface area contributed by atoms with Crippen molar-refractivity contribution in [2.45, 2.75) is 51.4 Å². The summed E-state index contributed by atoms with van der Waals surface area (Å²) in [4.78, 5) is 39.9. The van der Waals surface area contributed by atoms with Crippen LogP contribution < -0.4 is 15.0 Å². The van der Waals surface area contributed by atoms with Crippen molar-refractivity contribution in [3.05, 3.63) is 81.3 Å². The number of hydrogen-bond donors (Lipinski definition) is 1. The Morgan fingerprint density at radius 3 is 2.69 bits per heavy atom. The van der Waals surface area contributed by atoms with Crippen LogP contribution in [0.4, 0.5) is 5.82 Å². The summed E-state index contributed by atoms with van der Waals surface area (Å²) in [6.45, 7) is 3.07. The van der Waals surface area contributed by atoms with Gasteiger partial charge in [-0.05, 0) is 49.6 Å². The Hall–Kier alpha value is -3.98. The van der Waals surface area contributed by atoms with Crippen LogP contribution in [0.1, 0.15) is 57.5 Å². The first-order valence-electron chi connectivity index (χ1n) is 13.2. The van der Waals surface area contributed by atoms with Crippen molar-refractivity contribution in [3.8, 4) is 5.75 Å². The molecule has 2 aromatic carbocycles. The first-order chi connectivity index (χ1) is 18.9. The molecule has 8 nitrogen and oxygen atoms in total. The lowest BCUT2D eigenvalue weighted by Crippen LogP contribution is -2.36. The molecule has 1 saturated carbocycles. The second-order valence-corrected chi connectivity index (χ2v) is 11.4. The zero-order valence-electron chi connectivity index (χ0n) is 22.3. The zero-order valence-corrected chi connectivity index (χ0v) is 23.1. The topological polar surface area (TPSA) is 87.7 Å². The van der Waals surface area contributed by atoms with Gasteiger partial charge in [-0.25, -0.2) is 9.97 Å². The third-order valence-corrected chi connectivity index (χ3v) is 8.24. The number of amides is 2. The van der Waals surface area contributed by atoms with E-state index in [-0.39, 0.29) is 30.3 Å². The molecule has 1 N–H and O–H groups in total. The number of nitrogens with zero attached hydrogens (tertiary/aromatic N) is 4. The fraction of sp³-hybridized carbons (Fsp3) is 0.333. The van der Waals surface area contributed by atoms with Gasteiger partial charge in [0.1, 0.15) is 11.6 Å². The summed E-state index contributed by atoms with van der Waals surface area (Å²) in [6.07, 6.45) is 2.21. The summed E-state index contributed by atoms with van der Waals surface area (Å²) >= 11 is 1.63. The number of anilines is 1. The second kappa shape index (κ2) is 10.3. The van der Waals surface area contributed by atoms with Gasteiger partial charge in [0.25, 0.3) is 5.91 Å². The molecule has 2 amide bonds. The van der Waals surface area contributed by atoms with Crippen LogP contribution in [0.3, 0.4) is 0 Å². The molecule has 2 aliphatic rings. The number of hydrogen-bond acceptors (Lipinski definition) is 7. The van der Waals surface area contributed by atoms with E-state index in [1.807, 2.05) is 61.3 Å². The predicted octanol–water partition coefficient (Wildman–Crippen LogP) is 5.01. The van der Waals surface area contributed by atoms with Crippen molar-refractivity contribution in [1.82, 2.24) is 20.2 Å². The standard InChI is InChI=1S/C30H31N5O3S/c1-18-31-21(17-39-18)16-34(2)29-20(12-19-8-11-23(38-3)13-26(19)32-29)15-35(22-9-10-22)28(36)14-27-24-6-4-5-7-25(24)30(37)33-27/h4-8,11-13,17,22,27H,9-10,14-16H2,1-3H3,(H,33,37)/t27-/m1/s1. The number of carbonyl (C=O) groups excluding carboxylic acids is 2. The van der Waals surface area contributed by atoms with Gasteiger partial charge in [-0.1, -0.05) is 18.2 Å². The lowest BCUT2D eigenvalue weighted by atomic mass is 10.0. The summed E-state index contributed by atoms with van der Waals surface area (Å²) in [6, 6.07) is 15.4. The zero-order chi connectivity index (χ0) is 27.1. The maximum Gasteiger partial charge on any atom is 0.252 e. The summed E-state index contributed by atoms with van der Waals surface area (Å²) in [5.74, 6) is 1.49. The number of thiazole rings is 1. The Morgan fingerprint density at radius 1 is 1.13 bits per heavy atom. The molecule has 9 heteroatoms. The molecule has 0 radical (unpaired) electrons. The van der Waals surface area contributed by atoms with Crippen molar-refractivity contribution >= 4 is 39.9 Å². The quantitative estimate of drug-likeness (QED) is 0.321. The van der Waals surface area contributed by atoms with E-state index < -0.39 is 0 Å². The van der Waals surface area contributed by atoms with Gasteiger partial charge in [0.2, 0.25) is 5.91 Å². The number of benzene rings is 2. The molecule has 0 spiro atoms. The van der Waals surface area contributed by atoms with Crippen LogP contribution in [0.2, 0.25) is 0 Å². The molecule has 2 aromatic heterocycles. The molecule has 0 unspecified atom stereocenters. The molecule has 1 fully saturated rings. The minimum absolute atomic E-state index is 0.0399. The lowest BCUT2D eigenvalue weighted by molar-refractivity contribution is -0.132. The van der Waals surface area contributed by atoms with Crippen LogP contribution in [-0.2, 0) is 17.9 Å². The highest BCUT2D eigenvalue weighted by molar-refractivity contribution is 7.09. The normalized spacial score (nSPS) is 16.2. The number of ether oxygens (including phenoxy) is 1. The minimum Gasteiger partial charge on any atom is -0.497 e. The predicted molar refractivity (Wildman–Crippen MR) is 152 cm³/mol. The van der Waals surface area contributed by atoms with E-state index in [2.05, 4.69) is 26.6 Å². The first-order valence-corrected chi connectivity index (χ1v) is 14.1. The van der Waals surface area contributed by atoms with Gasteiger partial charge in [-0.3, -0.25) is 9.59 Å². The van der Waals surface area contributed by atoms with E-state index in [9.17, 15) is 9.59 Å². The highest BCUT2D eigenvalue weighted by atomic mass is 32.1. The molecule has 6 rings (SSSR count). The summed E-state index contributed by atoms with van der Waals surface area (Å²) in [5.41, 5.74) is 4.36. The molecule has 1 aliphatic carbocycles. The molecule has 4 aromatic rings. The number of pyridine rings is 1. The van der Waals surface area contributed by atoms with Crippen LogP contribution in [0.15, 0.2) is 53.9 Å². The summed E-state index contributed by atoms with van der Waals surface area (Å²) in [7, 11) is 3.66. The van der Waals surface area contributed by atoms with E-state index in [1.54, 1.807) is 18.4 Å². The van der Waals surface area contributed by atoms with Crippen molar-refractivity contribution in [3.63, 3.8) is 0 Å². The minimum atomic E-state index is -0.306. The highest BCUT2D eigenvalue weighted by Gasteiger charge is 2.37. The number of aryl methyl sites for hydroxylation is 1. The monoisotopic (exact) mass is 541 g/mol. The number of aromatic nitrogens is 2. The van der Waals surface area contributed by atoms with Gasteiger partial charge in [-0.15, -0.1) is 11.3 Å². The van der Waals surface area contributed by atoms with E-state index >= 15 is 0 Å². The van der Waals surface area contributed by atoms with Crippen LogP contribution in [-0.4, -0.2) is 46.9 Å². The van der Waals surface area contributed by atoms with Crippen molar-refractivity contribution in [2.24, 2.45) is 0 Å². The van der Waals surface area contributed by atoms with Crippen molar-refractivity contribution < 1.29 is 14.3 Å². The fourth-order valence-electron chi connectivity index (χ4n) is 5.32. The Kier molecular flexibility index (Phi) is 6.68. The fourth-order valence-corrected chi connectivity index (χ4v) is 5.92. The van der Waals surface area contributed by atoms with Crippen LogP contribution in [0.25, 0.3) is 10.9 Å². The molecular weight excluding hydrogens is 510 g/mol. The Labute approximate surface area is 231 Å². The van der Waals surface area contributed by atoms with Crippen molar-refractivity contribution in [2.75, 3.05) is 19.1 Å². The maximum atomic E-state index is 13.7. The lowest BCUT2D eigenvalue weighted by Gasteiger charge is -2.28. The van der Waals surface area contributed by atoms with Crippen LogP contribution in [0.5, 0.6) is 5.75 Å². The van der Waals surface area contributed by atoms with E-state index in [0.717, 1.165) is 57.1 Å². The Bertz CT molecular complexity index is 1560. The van der Waals surface area contributed by atoms with E-state index in [1.165, 1.54) is 0 Å². The van der Waals surface area contributed by atoms with Gasteiger partial charge in [0.05, 0.1) is 42.3 Å². The van der Waals surface area contributed by atoms with Crippen LogP contribution >= 0.6 is 11.3 Å². The third-order valence-electron chi connectivity index (χ3n) is 7.42. The molecule has 1 atom stereocenters. The average molecular weight is 542 g/mol. The number of rotatable bonds is 9. The largest absolute Gasteiger partial charge is 0.497 e. The van der Waals surface area contributed by atoms with Gasteiger partial charge in [-0.2, -0.15) is 0 Å². The summed E-state index contributed by atoms with van der Waals surface area (Å²) < 4.78 is 5.44. The van der Waals surface area contributed by atoms with Gasteiger partial charge >= 0.3 is 0 Å². The number of fused-ring (bicyclic) bond motifs is 2. The van der Waals surface area contributed by atoms with Crippen molar-refractivity contribution in [1.29, 1.82) is 0 Å². The smallest absolute Gasteiger partial charge is 0.252 e. The second-order valence-electron chi connectivity index (χ2n) is 10.3. The molecular formula is C30H31N5O3S. The van der Waals surface area contributed by atoms with Crippen LogP contribution in [0, 0.1) is 6.92 Å². The Balaban J connectivity index is 1.31. The Morgan fingerprint density at radius 2 is 1.95 bits per heavy atom. The SMILES string of the molecule is COc1ccc2cc(CN(C(=O)C[C@H]3NC(=O)c4ccccc43)C3CC3)c(N(C)Cc3csc(C)n3)nc2c1. The molecule has 1 aliphatic heterocycles. The summed E-state index contributed by atoms with van der Waals surface area (Å²) in [5, 5.41) is 7.09. The molecule has 3 heterocycles. The molecule has 0 saturated heterocycles. The number of nitrogens with one attached hydrogen (secondary N) is 1. The molecule has 200 valence electrons. The average Bonchev–Trinajstić information content (AvgIpc) is 3.63. The van der Waals surface area contributed by atoms with E-state index in [0.29, 0.717) is 18.7 Å². The van der Waals surface area contributed by atoms with Gasteiger partial charge in [0, 0.05) is 47.6 Å². The third kappa shape index (κ3) is 5.18. The molecule has 39 heavy (non-hydrogen) atoms. The van der Waals surface area contributed by atoms with Gasteiger partial charge < -0.3 is 19.9 Å². The van der Waals surface area contributed by atoms with E-state index in [4.69, 9.17) is 9.72 Å². The number of methoxy groups -OCH3 is 1. The number of carbonyl (C=O) groups is 2. The highest BCUT2D eigenvalue weighted by Crippen LogP contribution is 2.35. The maximum absolute atomic E-state index is 13.7. The van der Waals surface area contributed by atoms with Gasteiger partial charge in [0.15, 0.2) is 0 Å². The molecule has 0 bridgehead atoms. The first kappa shape index (κ1) is 25.3.